The van der Waals surface area contributed by atoms with Gasteiger partial charge >= 0.3 is 0 Å². The molecular formula is C13H15Cl2N3. The number of hydrazone groups is 1. The lowest BCUT2D eigenvalue weighted by Gasteiger charge is -2.31. The van der Waals surface area contributed by atoms with E-state index in [1.807, 2.05) is 18.2 Å². The minimum Gasteiger partial charge on any atom is -0.305 e. The first kappa shape index (κ1) is 12.3. The molecule has 96 valence electrons. The predicted octanol–water partition coefficient (Wildman–Crippen LogP) is 2.95. The molecule has 0 saturated carbocycles. The zero-order valence-electron chi connectivity index (χ0n) is 10.2. The average molecular weight is 284 g/mol. The molecule has 2 aliphatic heterocycles. The van der Waals surface area contributed by atoms with Gasteiger partial charge in [0.25, 0.3) is 0 Å². The highest BCUT2D eigenvalue weighted by Crippen LogP contribution is 2.37. The van der Waals surface area contributed by atoms with Crippen molar-refractivity contribution < 1.29 is 0 Å². The highest BCUT2D eigenvalue weighted by atomic mass is 35.5. The number of nitrogens with zero attached hydrogens (tertiary/aromatic N) is 2. The van der Waals surface area contributed by atoms with E-state index in [4.69, 9.17) is 23.2 Å². The van der Waals surface area contributed by atoms with Crippen LogP contribution in [0.2, 0.25) is 10.0 Å². The van der Waals surface area contributed by atoms with Crippen molar-refractivity contribution in [1.82, 2.24) is 10.3 Å². The van der Waals surface area contributed by atoms with E-state index >= 15 is 0 Å². The number of hydrogen-bond donors (Lipinski definition) is 1. The minimum absolute atomic E-state index is 0.147. The van der Waals surface area contributed by atoms with Crippen LogP contribution >= 0.6 is 23.2 Å². The van der Waals surface area contributed by atoms with Gasteiger partial charge in [0.15, 0.2) is 0 Å². The van der Waals surface area contributed by atoms with E-state index < -0.39 is 0 Å². The predicted molar refractivity (Wildman–Crippen MR) is 75.4 cm³/mol. The number of nitrogens with one attached hydrogen (secondary N) is 1. The van der Waals surface area contributed by atoms with E-state index in [1.54, 1.807) is 0 Å². The van der Waals surface area contributed by atoms with Gasteiger partial charge in [-0.1, -0.05) is 35.3 Å². The zero-order valence-corrected chi connectivity index (χ0v) is 11.7. The van der Waals surface area contributed by atoms with E-state index in [0.717, 1.165) is 25.1 Å². The standard InChI is InChI=1S/C13H15Cl2N3/c1-18-6-5-11-9(7-18)13(17-16-11)8-3-2-4-10(14)12(8)15/h2-4,9,13,17H,5-7H2,1H3. The summed E-state index contributed by atoms with van der Waals surface area (Å²) in [4.78, 5) is 2.34. The highest BCUT2D eigenvalue weighted by molar-refractivity contribution is 6.42. The second-order valence-corrected chi connectivity index (χ2v) is 5.76. The van der Waals surface area contributed by atoms with E-state index in [9.17, 15) is 0 Å². The van der Waals surface area contributed by atoms with Gasteiger partial charge in [0.1, 0.15) is 0 Å². The van der Waals surface area contributed by atoms with Crippen LogP contribution in [0, 0.1) is 5.92 Å². The van der Waals surface area contributed by atoms with E-state index in [2.05, 4.69) is 22.5 Å². The maximum atomic E-state index is 6.30. The van der Waals surface area contributed by atoms with Gasteiger partial charge in [0.05, 0.1) is 16.1 Å². The topological polar surface area (TPSA) is 27.6 Å². The number of benzene rings is 1. The summed E-state index contributed by atoms with van der Waals surface area (Å²) in [6.07, 6.45) is 1.03. The van der Waals surface area contributed by atoms with Crippen LogP contribution < -0.4 is 5.43 Å². The van der Waals surface area contributed by atoms with Crippen LogP contribution in [0.15, 0.2) is 23.3 Å². The highest BCUT2D eigenvalue weighted by Gasteiger charge is 2.37. The molecule has 1 aromatic carbocycles. The Morgan fingerprint density at radius 2 is 2.22 bits per heavy atom. The monoisotopic (exact) mass is 283 g/mol. The second-order valence-electron chi connectivity index (χ2n) is 4.97. The molecule has 1 fully saturated rings. The van der Waals surface area contributed by atoms with Crippen molar-refractivity contribution in [3.05, 3.63) is 33.8 Å². The molecule has 0 bridgehead atoms. The number of fused-ring (bicyclic) bond motifs is 1. The Morgan fingerprint density at radius 1 is 1.39 bits per heavy atom. The van der Waals surface area contributed by atoms with Crippen molar-refractivity contribution in [3.63, 3.8) is 0 Å². The first-order chi connectivity index (χ1) is 8.66. The fourth-order valence-corrected chi connectivity index (χ4v) is 3.17. The maximum Gasteiger partial charge on any atom is 0.0797 e. The van der Waals surface area contributed by atoms with Crippen molar-refractivity contribution in [2.45, 2.75) is 12.5 Å². The lowest BCUT2D eigenvalue weighted by Crippen LogP contribution is -2.39. The van der Waals surface area contributed by atoms with Crippen LogP contribution in [0.25, 0.3) is 0 Å². The van der Waals surface area contributed by atoms with Crippen molar-refractivity contribution in [1.29, 1.82) is 0 Å². The number of rotatable bonds is 1. The molecule has 2 unspecified atom stereocenters. The minimum atomic E-state index is 0.147. The Morgan fingerprint density at radius 3 is 3.06 bits per heavy atom. The summed E-state index contributed by atoms with van der Waals surface area (Å²) in [5.74, 6) is 0.403. The molecule has 2 heterocycles. The maximum absolute atomic E-state index is 6.30. The lowest BCUT2D eigenvalue weighted by atomic mass is 9.86. The molecule has 1 aromatic rings. The summed E-state index contributed by atoms with van der Waals surface area (Å²) >= 11 is 12.4. The summed E-state index contributed by atoms with van der Waals surface area (Å²) in [5, 5.41) is 5.70. The van der Waals surface area contributed by atoms with Gasteiger partial charge in [0.2, 0.25) is 0 Å². The summed E-state index contributed by atoms with van der Waals surface area (Å²) < 4.78 is 0. The molecule has 0 radical (unpaired) electrons. The second kappa shape index (κ2) is 4.72. The molecule has 0 aliphatic carbocycles. The van der Waals surface area contributed by atoms with Gasteiger partial charge in [0, 0.05) is 31.1 Å². The normalized spacial score (nSPS) is 27.6. The molecule has 1 saturated heterocycles. The molecule has 2 aliphatic rings. The lowest BCUT2D eigenvalue weighted by molar-refractivity contribution is 0.272. The van der Waals surface area contributed by atoms with Crippen molar-refractivity contribution in [2.75, 3.05) is 20.1 Å². The van der Waals surface area contributed by atoms with E-state index in [-0.39, 0.29) is 6.04 Å². The molecule has 0 aromatic heterocycles. The molecule has 3 nitrogen and oxygen atoms in total. The molecule has 1 N–H and O–H groups in total. The summed E-state index contributed by atoms with van der Waals surface area (Å²) in [5.41, 5.74) is 5.52. The smallest absolute Gasteiger partial charge is 0.0797 e. The third-order valence-corrected chi connectivity index (χ3v) is 4.59. The van der Waals surface area contributed by atoms with Crippen LogP contribution in [-0.2, 0) is 0 Å². The molecule has 0 spiro atoms. The van der Waals surface area contributed by atoms with Gasteiger partial charge in [-0.2, -0.15) is 5.10 Å². The van der Waals surface area contributed by atoms with Gasteiger partial charge < -0.3 is 10.3 Å². The van der Waals surface area contributed by atoms with Gasteiger partial charge in [-0.05, 0) is 18.7 Å². The number of likely N-dealkylation sites (tertiary alicyclic amines) is 1. The SMILES string of the molecule is CN1CCC2=NNC(c3cccc(Cl)c3Cl)C2C1. The van der Waals surface area contributed by atoms with Crippen LogP contribution in [0.5, 0.6) is 0 Å². The fraction of sp³-hybridized carbons (Fsp3) is 0.462. The molecule has 3 rings (SSSR count). The molecule has 0 amide bonds. The first-order valence-corrected chi connectivity index (χ1v) is 6.87. The quantitative estimate of drug-likeness (QED) is 0.858. The van der Waals surface area contributed by atoms with Crippen LogP contribution in [0.1, 0.15) is 18.0 Å². The van der Waals surface area contributed by atoms with Gasteiger partial charge in [-0.3, -0.25) is 0 Å². The van der Waals surface area contributed by atoms with Crippen LogP contribution in [-0.4, -0.2) is 30.7 Å². The van der Waals surface area contributed by atoms with Crippen LogP contribution in [0.3, 0.4) is 0 Å². The number of halogens is 2. The molecule has 5 heteroatoms. The van der Waals surface area contributed by atoms with Crippen molar-refractivity contribution in [3.8, 4) is 0 Å². The Labute approximate surface area is 117 Å². The average Bonchev–Trinajstić information content (AvgIpc) is 2.75. The number of piperidine rings is 1. The van der Waals surface area contributed by atoms with E-state index in [0.29, 0.717) is 16.0 Å². The molecule has 18 heavy (non-hydrogen) atoms. The summed E-state index contributed by atoms with van der Waals surface area (Å²) in [6.45, 7) is 2.09. The third-order valence-electron chi connectivity index (χ3n) is 3.75. The largest absolute Gasteiger partial charge is 0.305 e. The van der Waals surface area contributed by atoms with Crippen molar-refractivity contribution >= 4 is 28.9 Å². The summed E-state index contributed by atoms with van der Waals surface area (Å²) in [6, 6.07) is 5.93. The molecule has 2 atom stereocenters. The van der Waals surface area contributed by atoms with Crippen molar-refractivity contribution in [2.24, 2.45) is 11.0 Å². The number of hydrogen-bond acceptors (Lipinski definition) is 3. The Bertz CT molecular complexity index is 501. The van der Waals surface area contributed by atoms with Gasteiger partial charge in [-0.15, -0.1) is 0 Å². The van der Waals surface area contributed by atoms with Crippen LogP contribution in [0.4, 0.5) is 0 Å². The first-order valence-electron chi connectivity index (χ1n) is 6.11. The Balaban J connectivity index is 1.92. The Hall–Kier alpha value is -0.770. The molecular weight excluding hydrogens is 269 g/mol. The van der Waals surface area contributed by atoms with E-state index in [1.165, 1.54) is 5.71 Å². The zero-order chi connectivity index (χ0) is 12.7. The third kappa shape index (κ3) is 2.00. The fourth-order valence-electron chi connectivity index (χ4n) is 2.75. The Kier molecular flexibility index (Phi) is 3.22. The van der Waals surface area contributed by atoms with Gasteiger partial charge in [-0.25, -0.2) is 0 Å². The summed E-state index contributed by atoms with van der Waals surface area (Å²) in [7, 11) is 2.14.